The predicted molar refractivity (Wildman–Crippen MR) is 108 cm³/mol. The first-order chi connectivity index (χ1) is 14.0. The summed E-state index contributed by atoms with van der Waals surface area (Å²) in [7, 11) is -2.08. The van der Waals surface area contributed by atoms with Crippen molar-refractivity contribution in [3.05, 3.63) is 35.3 Å². The van der Waals surface area contributed by atoms with Crippen LogP contribution in [0.15, 0.2) is 28.3 Å². The number of ether oxygens (including phenoxy) is 1. The van der Waals surface area contributed by atoms with Gasteiger partial charge in [0.15, 0.2) is 0 Å². The number of rotatable bonds is 6. The average Bonchev–Trinajstić information content (AvgIpc) is 3.40. The third kappa shape index (κ3) is 4.06. The van der Waals surface area contributed by atoms with Crippen molar-refractivity contribution in [2.75, 3.05) is 20.2 Å². The molecule has 0 atom stereocenters. The molecule has 0 amide bonds. The molecule has 0 unspecified atom stereocenters. The molecule has 0 bridgehead atoms. The zero-order valence-corrected chi connectivity index (χ0v) is 18.0. The molecule has 0 saturated carbocycles. The van der Waals surface area contributed by atoms with Gasteiger partial charge < -0.3 is 4.74 Å². The van der Waals surface area contributed by atoms with E-state index in [1.165, 1.54) is 29.4 Å². The van der Waals surface area contributed by atoms with Crippen LogP contribution in [-0.4, -0.2) is 53.7 Å². The molecule has 4 heterocycles. The topological polar surface area (TPSA) is 94.4 Å². The molecule has 2 aromatic rings. The van der Waals surface area contributed by atoms with Crippen LogP contribution < -0.4 is 0 Å². The lowest BCUT2D eigenvalue weighted by molar-refractivity contribution is 0.0598. The van der Waals surface area contributed by atoms with Gasteiger partial charge in [-0.1, -0.05) is 11.8 Å². The summed E-state index contributed by atoms with van der Waals surface area (Å²) in [6.07, 6.45) is 6.13. The van der Waals surface area contributed by atoms with Crippen molar-refractivity contribution in [3.63, 3.8) is 0 Å². The van der Waals surface area contributed by atoms with Crippen LogP contribution >= 0.6 is 11.8 Å². The monoisotopic (exact) mass is 436 g/mol. The van der Waals surface area contributed by atoms with E-state index in [0.29, 0.717) is 35.1 Å². The van der Waals surface area contributed by atoms with E-state index < -0.39 is 10.0 Å². The smallest absolute Gasteiger partial charge is 0.341 e. The fourth-order valence-corrected chi connectivity index (χ4v) is 6.05. The van der Waals surface area contributed by atoms with Crippen LogP contribution in [0.25, 0.3) is 0 Å². The zero-order chi connectivity index (χ0) is 20.4. The Morgan fingerprint density at radius 1 is 1.17 bits per heavy atom. The fourth-order valence-electron chi connectivity index (χ4n) is 3.81. The Bertz CT molecular complexity index is 996. The summed E-state index contributed by atoms with van der Waals surface area (Å²) < 4.78 is 33.6. The molecule has 2 aliphatic heterocycles. The second-order valence-electron chi connectivity index (χ2n) is 7.17. The average molecular weight is 437 g/mol. The van der Waals surface area contributed by atoms with E-state index in [4.69, 9.17) is 4.74 Å². The zero-order valence-electron chi connectivity index (χ0n) is 16.3. The highest BCUT2D eigenvalue weighted by atomic mass is 32.2. The Morgan fingerprint density at radius 2 is 1.93 bits per heavy atom. The predicted octanol–water partition coefficient (Wildman–Crippen LogP) is 2.48. The largest absolute Gasteiger partial charge is 0.465 e. The van der Waals surface area contributed by atoms with Crippen LogP contribution in [0.1, 0.15) is 47.4 Å². The molecular formula is C19H24N4O4S2. The number of nitrogens with zero attached hydrogens (tertiary/aromatic N) is 4. The maximum Gasteiger partial charge on any atom is 0.341 e. The molecule has 0 radical (unpaired) electrons. The third-order valence-corrected chi connectivity index (χ3v) is 8.16. The normalized spacial score (nSPS) is 17.3. The van der Waals surface area contributed by atoms with Crippen LogP contribution in [0, 0.1) is 0 Å². The highest BCUT2D eigenvalue weighted by Gasteiger charge is 2.28. The van der Waals surface area contributed by atoms with Gasteiger partial charge in [-0.15, -0.1) is 0 Å². The summed E-state index contributed by atoms with van der Waals surface area (Å²) >= 11 is 1.43. The highest BCUT2D eigenvalue weighted by molar-refractivity contribution is 7.98. The van der Waals surface area contributed by atoms with E-state index >= 15 is 0 Å². The molecule has 0 aliphatic carbocycles. The number of aromatic nitrogens is 3. The molecule has 2 aromatic heterocycles. The van der Waals surface area contributed by atoms with E-state index in [0.717, 1.165) is 44.3 Å². The first-order valence-electron chi connectivity index (χ1n) is 9.76. The molecule has 10 heteroatoms. The van der Waals surface area contributed by atoms with Crippen LogP contribution in [0.5, 0.6) is 0 Å². The van der Waals surface area contributed by atoms with Crippen molar-refractivity contribution in [1.29, 1.82) is 0 Å². The second-order valence-corrected chi connectivity index (χ2v) is 10.1. The van der Waals surface area contributed by atoms with Crippen LogP contribution in [0.4, 0.5) is 0 Å². The molecule has 0 spiro atoms. The first kappa shape index (κ1) is 20.4. The van der Waals surface area contributed by atoms with Crippen molar-refractivity contribution in [3.8, 4) is 0 Å². The number of pyridine rings is 1. The molecule has 1 fully saturated rings. The molecule has 0 aromatic carbocycles. The van der Waals surface area contributed by atoms with Crippen LogP contribution in [0.2, 0.25) is 0 Å². The lowest BCUT2D eigenvalue weighted by atomic mass is 10.1. The van der Waals surface area contributed by atoms with Gasteiger partial charge in [0.05, 0.1) is 23.5 Å². The minimum Gasteiger partial charge on any atom is -0.465 e. The minimum absolute atomic E-state index is 0.219. The maximum absolute atomic E-state index is 12.6. The van der Waals surface area contributed by atoms with E-state index in [9.17, 15) is 13.2 Å². The van der Waals surface area contributed by atoms with Gasteiger partial charge in [0.2, 0.25) is 10.0 Å². The van der Waals surface area contributed by atoms with Crippen molar-refractivity contribution in [2.24, 2.45) is 0 Å². The molecular weight excluding hydrogens is 412 g/mol. The Balaban J connectivity index is 1.50. The summed E-state index contributed by atoms with van der Waals surface area (Å²) in [5.74, 6) is 0.110. The number of carbonyl (C=O) groups is 1. The number of hydrogen-bond donors (Lipinski definition) is 0. The van der Waals surface area contributed by atoms with Gasteiger partial charge in [0, 0.05) is 31.6 Å². The van der Waals surface area contributed by atoms with E-state index in [1.807, 2.05) is 4.68 Å². The summed E-state index contributed by atoms with van der Waals surface area (Å²) in [6, 6.07) is 3.31. The number of methoxy groups -OCH3 is 1. The molecule has 2 aliphatic rings. The SMILES string of the molecule is COC(=O)c1c(CSc2ccc(S(=O)(=O)N3CCCC3)cn2)nn2c1CCCC2. The number of hydrogen-bond acceptors (Lipinski definition) is 7. The Kier molecular flexibility index (Phi) is 5.93. The molecule has 156 valence electrons. The Hall–Kier alpha value is -1.91. The van der Waals surface area contributed by atoms with Crippen molar-refractivity contribution < 1.29 is 17.9 Å². The Morgan fingerprint density at radius 3 is 2.62 bits per heavy atom. The summed E-state index contributed by atoms with van der Waals surface area (Å²) in [6.45, 7) is 1.95. The van der Waals surface area contributed by atoms with Crippen molar-refractivity contribution in [2.45, 2.75) is 54.3 Å². The minimum atomic E-state index is -3.46. The molecule has 0 N–H and O–H groups in total. The lowest BCUT2D eigenvalue weighted by Gasteiger charge is -2.15. The number of thioether (sulfide) groups is 1. The van der Waals surface area contributed by atoms with Crippen molar-refractivity contribution in [1.82, 2.24) is 19.1 Å². The number of esters is 1. The maximum atomic E-state index is 12.6. The van der Waals surface area contributed by atoms with Crippen LogP contribution in [-0.2, 0) is 33.5 Å². The van der Waals surface area contributed by atoms with Crippen molar-refractivity contribution >= 4 is 27.8 Å². The molecule has 29 heavy (non-hydrogen) atoms. The fraction of sp³-hybridized carbons (Fsp3) is 0.526. The quantitative estimate of drug-likeness (QED) is 0.507. The first-order valence-corrected chi connectivity index (χ1v) is 12.2. The van der Waals surface area contributed by atoms with Gasteiger partial charge in [-0.3, -0.25) is 4.68 Å². The standard InChI is InChI=1S/C19H24N4O4S2/c1-27-19(24)18-15(21-23-11-3-2-6-16(18)23)13-28-17-8-7-14(12-20-17)29(25,26)22-9-4-5-10-22/h7-8,12H,2-6,9-11,13H2,1H3. The molecule has 1 saturated heterocycles. The van der Waals surface area contributed by atoms with E-state index in [1.54, 1.807) is 12.1 Å². The number of carbonyl (C=O) groups excluding carboxylic acids is 1. The number of aryl methyl sites for hydroxylation is 1. The number of fused-ring (bicyclic) bond motifs is 1. The van der Waals surface area contributed by atoms with Gasteiger partial charge in [-0.2, -0.15) is 9.40 Å². The van der Waals surface area contributed by atoms with Gasteiger partial charge in [-0.25, -0.2) is 18.2 Å². The van der Waals surface area contributed by atoms with Gasteiger partial charge in [0.25, 0.3) is 0 Å². The summed E-state index contributed by atoms with van der Waals surface area (Å²) in [4.78, 5) is 16.8. The summed E-state index contributed by atoms with van der Waals surface area (Å²) in [5, 5.41) is 5.30. The second kappa shape index (κ2) is 8.45. The van der Waals surface area contributed by atoms with Gasteiger partial charge in [-0.05, 0) is 44.2 Å². The molecule has 4 rings (SSSR count). The summed E-state index contributed by atoms with van der Waals surface area (Å²) in [5.41, 5.74) is 2.20. The van der Waals surface area contributed by atoms with E-state index in [2.05, 4.69) is 10.1 Å². The highest BCUT2D eigenvalue weighted by Crippen LogP contribution is 2.28. The third-order valence-electron chi connectivity index (χ3n) is 5.32. The van der Waals surface area contributed by atoms with E-state index in [-0.39, 0.29) is 10.9 Å². The van der Waals surface area contributed by atoms with Gasteiger partial charge >= 0.3 is 5.97 Å². The van der Waals surface area contributed by atoms with Crippen LogP contribution in [0.3, 0.4) is 0 Å². The lowest BCUT2D eigenvalue weighted by Crippen LogP contribution is -2.27. The Labute approximate surface area is 174 Å². The van der Waals surface area contributed by atoms with Gasteiger partial charge in [0.1, 0.15) is 10.5 Å². The number of sulfonamides is 1. The molecule has 8 nitrogen and oxygen atoms in total.